The molecule has 0 unspecified atom stereocenters. The number of carbonyl (C=O) groups is 6. The van der Waals surface area contributed by atoms with Crippen molar-refractivity contribution >= 4 is 81.6 Å². The van der Waals surface area contributed by atoms with Crippen LogP contribution in [0.2, 0.25) is 0 Å². The van der Waals surface area contributed by atoms with Gasteiger partial charge in [-0.1, -0.05) is 27.7 Å². The van der Waals surface area contributed by atoms with Gasteiger partial charge in [-0.15, -0.1) is 45.9 Å². The average molecular weight is 897 g/mol. The Morgan fingerprint density at radius 2 is 1.52 bits per heavy atom. The summed E-state index contributed by atoms with van der Waals surface area (Å²) < 4.78 is 25.8. The second kappa shape index (κ2) is 23.4. The predicted octanol–water partition coefficient (Wildman–Crippen LogP) is 6.20. The van der Waals surface area contributed by atoms with E-state index in [1.807, 2.05) is 6.92 Å². The van der Waals surface area contributed by atoms with E-state index in [9.17, 15) is 39.0 Å². The summed E-state index contributed by atoms with van der Waals surface area (Å²) in [6, 6.07) is -0.678. The van der Waals surface area contributed by atoms with Gasteiger partial charge in [0.1, 0.15) is 44.9 Å². The van der Waals surface area contributed by atoms with Crippen LogP contribution in [0.15, 0.2) is 10.8 Å². The second-order valence-electron chi connectivity index (χ2n) is 14.5. The molecule has 2 rings (SSSR count). The topological polar surface area (TPSA) is 227 Å². The van der Waals surface area contributed by atoms with Crippen LogP contribution in [-0.4, -0.2) is 97.8 Å². The third-order valence-electron chi connectivity index (χ3n) is 8.97. The summed E-state index contributed by atoms with van der Waals surface area (Å²) in [5.74, 6) is -5.48. The van der Waals surface area contributed by atoms with E-state index in [1.165, 1.54) is 38.6 Å². The molecule has 3 N–H and O–H groups in total. The maximum absolute atomic E-state index is 13.7. The van der Waals surface area contributed by atoms with E-state index in [4.69, 9.17) is 46.9 Å². The van der Waals surface area contributed by atoms with Crippen LogP contribution in [0.25, 0.3) is 0 Å². The number of halogens is 2. The second-order valence-corrected chi connectivity index (χ2v) is 18.1. The number of carbonyl (C=O) groups excluding carboxylic acids is 6. The molecule has 20 heteroatoms. The lowest BCUT2D eigenvalue weighted by molar-refractivity contribution is -0.173. The van der Waals surface area contributed by atoms with Crippen LogP contribution >= 0.6 is 45.9 Å². The lowest BCUT2D eigenvalue weighted by atomic mass is 9.95. The highest BCUT2D eigenvalue weighted by Gasteiger charge is 2.40. The minimum atomic E-state index is -1.59. The Bertz CT molecular complexity index is 1690. The molecule has 0 bridgehead atoms. The van der Waals surface area contributed by atoms with E-state index < -0.39 is 89.2 Å². The van der Waals surface area contributed by atoms with Gasteiger partial charge in [0.05, 0.1) is 25.5 Å². The maximum atomic E-state index is 13.7. The molecule has 2 heterocycles. The van der Waals surface area contributed by atoms with Crippen LogP contribution in [0, 0.1) is 11.8 Å². The van der Waals surface area contributed by atoms with Gasteiger partial charge in [-0.25, -0.2) is 19.6 Å². The summed E-state index contributed by atoms with van der Waals surface area (Å²) in [6.45, 7) is 12.3. The first-order valence-electron chi connectivity index (χ1n) is 18.8. The highest BCUT2D eigenvalue weighted by molar-refractivity contribution is 7.10. The van der Waals surface area contributed by atoms with Gasteiger partial charge < -0.3 is 39.2 Å². The molecule has 0 aliphatic carbocycles. The lowest BCUT2D eigenvalue weighted by Gasteiger charge is -2.32. The zero-order chi connectivity index (χ0) is 44.0. The van der Waals surface area contributed by atoms with E-state index in [0.29, 0.717) is 12.8 Å². The number of alkyl halides is 2. The first-order valence-corrected chi connectivity index (χ1v) is 21.4. The van der Waals surface area contributed by atoms with Crippen molar-refractivity contribution in [1.82, 2.24) is 15.3 Å². The molecule has 0 spiro atoms. The molecule has 326 valence electrons. The minimum absolute atomic E-state index is 0.0200. The van der Waals surface area contributed by atoms with Crippen molar-refractivity contribution in [2.75, 3.05) is 13.7 Å². The normalized spacial score (nSPS) is 15.8. The fourth-order valence-corrected chi connectivity index (χ4v) is 7.45. The fourth-order valence-electron chi connectivity index (χ4n) is 5.46. The molecule has 0 fully saturated rings. The van der Waals surface area contributed by atoms with Crippen molar-refractivity contribution in [2.45, 2.75) is 141 Å². The van der Waals surface area contributed by atoms with Crippen molar-refractivity contribution in [3.63, 3.8) is 0 Å². The smallest absolute Gasteiger partial charge is 0.358 e. The average Bonchev–Trinajstić information content (AvgIpc) is 3.84. The number of hydrogen-bond acceptors (Lipinski definition) is 17. The molecule has 2 aromatic rings. The molecule has 0 radical (unpaired) electrons. The number of hydrogen-bond donors (Lipinski definition) is 3. The Hall–Kier alpha value is -3.42. The molecule has 2 aromatic heterocycles. The SMILES string of the molecule is CCCC(=O)N[C@@H](C(C)C)[C@H](CC(=O)OC[C@@H](O)c1nc(C(=O)O[C@@H](CCCC(C)(Cl)Cl)[C@@H](C)C(=O)O[C@@H](c2nc(C(=O)OC)cs2)[C@](C)(O)CC)cs1)OC(C)=O. The van der Waals surface area contributed by atoms with E-state index in [1.54, 1.807) is 27.7 Å². The number of nitrogens with zero attached hydrogens (tertiary/aromatic N) is 2. The molecule has 58 heavy (non-hydrogen) atoms. The van der Waals surface area contributed by atoms with E-state index >= 15 is 0 Å². The Labute approximate surface area is 356 Å². The number of nitrogens with one attached hydrogen (secondary N) is 1. The number of aromatic nitrogens is 2. The number of thiazole rings is 2. The van der Waals surface area contributed by atoms with E-state index in [0.717, 1.165) is 22.7 Å². The summed E-state index contributed by atoms with van der Waals surface area (Å²) >= 11 is 14.2. The van der Waals surface area contributed by atoms with Gasteiger partial charge in [-0.2, -0.15) is 0 Å². The number of rotatable bonds is 24. The summed E-state index contributed by atoms with van der Waals surface area (Å²) in [7, 11) is 1.20. The summed E-state index contributed by atoms with van der Waals surface area (Å²) in [4.78, 5) is 84.5. The number of esters is 5. The molecule has 1 amide bonds. The first-order chi connectivity index (χ1) is 27.0. The Morgan fingerprint density at radius 3 is 2.07 bits per heavy atom. The maximum Gasteiger partial charge on any atom is 0.358 e. The molecular weight excluding hydrogens is 841 g/mol. The molecule has 0 saturated carbocycles. The van der Waals surface area contributed by atoms with Gasteiger partial charge in [-0.3, -0.25) is 19.2 Å². The summed E-state index contributed by atoms with van der Waals surface area (Å²) in [5, 5.41) is 27.7. The van der Waals surface area contributed by atoms with Crippen molar-refractivity contribution in [3.05, 3.63) is 32.2 Å². The Kier molecular flexibility index (Phi) is 20.5. The molecule has 0 saturated heterocycles. The molecule has 7 atom stereocenters. The lowest BCUT2D eigenvalue weighted by Crippen LogP contribution is -2.49. The highest BCUT2D eigenvalue weighted by Crippen LogP contribution is 2.36. The van der Waals surface area contributed by atoms with Gasteiger partial charge in [0.25, 0.3) is 0 Å². The third kappa shape index (κ3) is 16.3. The zero-order valence-corrected chi connectivity index (χ0v) is 37.3. The van der Waals surface area contributed by atoms with Crippen molar-refractivity contribution in [1.29, 1.82) is 0 Å². The monoisotopic (exact) mass is 895 g/mol. The minimum Gasteiger partial charge on any atom is -0.464 e. The number of ether oxygens (including phenoxy) is 5. The molecule has 16 nitrogen and oxygen atoms in total. The quantitative estimate of drug-likeness (QED) is 0.0606. The Morgan fingerprint density at radius 1 is 0.914 bits per heavy atom. The molecule has 0 aliphatic heterocycles. The zero-order valence-electron chi connectivity index (χ0n) is 34.2. The summed E-state index contributed by atoms with van der Waals surface area (Å²) in [6.07, 6.45) is -3.51. The largest absolute Gasteiger partial charge is 0.464 e. The van der Waals surface area contributed by atoms with Crippen LogP contribution in [0.1, 0.15) is 144 Å². The number of aliphatic hydroxyl groups is 2. The first kappa shape index (κ1) is 50.7. The van der Waals surface area contributed by atoms with Gasteiger partial charge in [-0.05, 0) is 58.8 Å². The van der Waals surface area contributed by atoms with Crippen molar-refractivity contribution < 1.29 is 62.7 Å². The standard InChI is InChI=1S/C38H55Cl2N3O13S2/c1-10-13-28(46)43-30(20(3)4)27(54-22(6)44)16-29(47)53-17-25(45)32-41-24(19-57-32)36(50)55-26(14-12-15-38(8,39)40)21(5)34(48)56-31(37(7,51)11-2)33-42-23(18-58-33)35(49)52-9/h18-21,25-27,30-31,45,51H,10-17H2,1-9H3,(H,43,46)/t21-,25-,26+,27+,30+,31+,37-/m1/s1. The van der Waals surface area contributed by atoms with E-state index in [2.05, 4.69) is 15.3 Å². The van der Waals surface area contributed by atoms with Crippen LogP contribution in [0.5, 0.6) is 0 Å². The van der Waals surface area contributed by atoms with Gasteiger partial charge in [0.15, 0.2) is 17.5 Å². The van der Waals surface area contributed by atoms with Crippen LogP contribution in [-0.2, 0) is 42.9 Å². The highest BCUT2D eigenvalue weighted by atomic mass is 35.5. The molecule has 0 aromatic carbocycles. The predicted molar refractivity (Wildman–Crippen MR) is 215 cm³/mol. The van der Waals surface area contributed by atoms with Crippen molar-refractivity contribution in [3.8, 4) is 0 Å². The molecular formula is C38H55Cl2N3O13S2. The fraction of sp³-hybridized carbons (Fsp3) is 0.684. The van der Waals surface area contributed by atoms with Crippen LogP contribution in [0.3, 0.4) is 0 Å². The number of amides is 1. The number of methoxy groups -OCH3 is 1. The van der Waals surface area contributed by atoms with Crippen LogP contribution in [0.4, 0.5) is 0 Å². The molecule has 0 aliphatic rings. The van der Waals surface area contributed by atoms with Gasteiger partial charge >= 0.3 is 29.8 Å². The van der Waals surface area contributed by atoms with Gasteiger partial charge in [0, 0.05) is 24.1 Å². The Balaban J connectivity index is 2.20. The summed E-state index contributed by atoms with van der Waals surface area (Å²) in [5.41, 5.74) is -1.81. The van der Waals surface area contributed by atoms with Gasteiger partial charge in [0.2, 0.25) is 5.91 Å². The third-order valence-corrected chi connectivity index (χ3v) is 11.2. The van der Waals surface area contributed by atoms with Crippen LogP contribution < -0.4 is 5.32 Å². The number of aliphatic hydroxyl groups excluding tert-OH is 1. The van der Waals surface area contributed by atoms with E-state index in [-0.39, 0.29) is 58.9 Å². The van der Waals surface area contributed by atoms with Crippen molar-refractivity contribution in [2.24, 2.45) is 11.8 Å².